The summed E-state index contributed by atoms with van der Waals surface area (Å²) in [6.07, 6.45) is 3.17. The molecule has 0 amide bonds. The second-order valence-electron chi connectivity index (χ2n) is 5.46. The third-order valence-corrected chi connectivity index (χ3v) is 4.96. The third-order valence-electron chi connectivity index (χ3n) is 4.30. The first-order chi connectivity index (χ1) is 10.1. The number of hydrogen-bond donors (Lipinski definition) is 1. The van der Waals surface area contributed by atoms with Gasteiger partial charge < -0.3 is 9.72 Å². The first-order valence-corrected chi connectivity index (χ1v) is 7.87. The Morgan fingerprint density at radius 2 is 2.05 bits per heavy atom. The molecule has 112 valence electrons. The highest BCUT2D eigenvalue weighted by Gasteiger charge is 2.29. The third kappa shape index (κ3) is 2.52. The van der Waals surface area contributed by atoms with Gasteiger partial charge in [0.25, 0.3) is 0 Å². The molecule has 1 fully saturated rings. The number of aromatic nitrogens is 2. The minimum Gasteiger partial charge on any atom is -0.469 e. The Bertz CT molecular complexity index is 726. The Labute approximate surface area is 130 Å². The summed E-state index contributed by atoms with van der Waals surface area (Å²) in [6, 6.07) is 5.93. The molecule has 5 nitrogen and oxygen atoms in total. The van der Waals surface area contributed by atoms with Gasteiger partial charge in [-0.15, -0.1) is 0 Å². The molecule has 6 heteroatoms. The molecule has 1 heterocycles. The van der Waals surface area contributed by atoms with Crippen molar-refractivity contribution in [3.8, 4) is 0 Å². The zero-order valence-electron chi connectivity index (χ0n) is 11.8. The summed E-state index contributed by atoms with van der Waals surface area (Å²) in [5, 5.41) is 0. The Hall–Kier alpha value is -1.56. The molecule has 21 heavy (non-hydrogen) atoms. The number of aromatic amines is 1. The van der Waals surface area contributed by atoms with Crippen LogP contribution in [0.5, 0.6) is 0 Å². The van der Waals surface area contributed by atoms with E-state index in [0.717, 1.165) is 41.2 Å². The largest absolute Gasteiger partial charge is 0.469 e. The molecule has 1 aliphatic carbocycles. The Morgan fingerprint density at radius 1 is 1.33 bits per heavy atom. The van der Waals surface area contributed by atoms with Crippen LogP contribution < -0.4 is 5.69 Å². The summed E-state index contributed by atoms with van der Waals surface area (Å²) < 4.78 is 7.52. The zero-order chi connectivity index (χ0) is 15.0. The number of para-hydroxylation sites is 1. The number of ether oxygens (including phenoxy) is 1. The maximum absolute atomic E-state index is 12.3. The van der Waals surface area contributed by atoms with Crippen LogP contribution >= 0.6 is 15.9 Å². The zero-order valence-corrected chi connectivity index (χ0v) is 13.4. The van der Waals surface area contributed by atoms with Gasteiger partial charge in [-0.05, 0) is 53.7 Å². The number of carbonyl (C=O) groups is 1. The highest BCUT2D eigenvalue weighted by Crippen LogP contribution is 2.34. The van der Waals surface area contributed by atoms with E-state index in [1.165, 1.54) is 7.11 Å². The minimum atomic E-state index is -0.137. The van der Waals surface area contributed by atoms with Gasteiger partial charge in [0.15, 0.2) is 0 Å². The van der Waals surface area contributed by atoms with Crippen molar-refractivity contribution >= 4 is 32.9 Å². The number of hydrogen-bond acceptors (Lipinski definition) is 3. The van der Waals surface area contributed by atoms with Crippen LogP contribution in [0.2, 0.25) is 0 Å². The van der Waals surface area contributed by atoms with Gasteiger partial charge in [0.1, 0.15) is 0 Å². The quantitative estimate of drug-likeness (QED) is 0.845. The number of fused-ring (bicyclic) bond motifs is 1. The molecular formula is C15H17BrN2O3. The van der Waals surface area contributed by atoms with E-state index in [9.17, 15) is 9.59 Å². The molecule has 0 bridgehead atoms. The molecule has 0 spiro atoms. The first-order valence-electron chi connectivity index (χ1n) is 7.08. The van der Waals surface area contributed by atoms with E-state index >= 15 is 0 Å². The molecule has 1 aromatic carbocycles. The summed E-state index contributed by atoms with van der Waals surface area (Å²) in [7, 11) is 1.43. The van der Waals surface area contributed by atoms with Crippen LogP contribution in [0.15, 0.2) is 27.5 Å². The van der Waals surface area contributed by atoms with Crippen molar-refractivity contribution in [1.82, 2.24) is 9.55 Å². The van der Waals surface area contributed by atoms with Crippen LogP contribution in [0.1, 0.15) is 31.7 Å². The van der Waals surface area contributed by atoms with Crippen molar-refractivity contribution in [2.24, 2.45) is 5.92 Å². The maximum Gasteiger partial charge on any atom is 0.326 e. The Kier molecular flexibility index (Phi) is 3.89. The summed E-state index contributed by atoms with van der Waals surface area (Å²) >= 11 is 3.46. The molecule has 1 N–H and O–H groups in total. The van der Waals surface area contributed by atoms with E-state index in [2.05, 4.69) is 20.9 Å². The molecule has 0 unspecified atom stereocenters. The van der Waals surface area contributed by atoms with Crippen molar-refractivity contribution in [3.05, 3.63) is 33.2 Å². The molecule has 0 aliphatic heterocycles. The lowest BCUT2D eigenvalue weighted by Crippen LogP contribution is -2.29. The van der Waals surface area contributed by atoms with Gasteiger partial charge in [-0.2, -0.15) is 0 Å². The van der Waals surface area contributed by atoms with Gasteiger partial charge in [-0.25, -0.2) is 4.79 Å². The van der Waals surface area contributed by atoms with Crippen LogP contribution in [-0.2, 0) is 9.53 Å². The smallest absolute Gasteiger partial charge is 0.326 e. The Balaban J connectivity index is 1.89. The summed E-state index contributed by atoms with van der Waals surface area (Å²) in [6.45, 7) is 0. The molecule has 2 aromatic rings. The number of imidazole rings is 1. The predicted octanol–water partition coefficient (Wildman–Crippen LogP) is 3.00. The van der Waals surface area contributed by atoms with Gasteiger partial charge in [0, 0.05) is 10.5 Å². The number of H-pyrrole nitrogens is 1. The van der Waals surface area contributed by atoms with Gasteiger partial charge in [-0.3, -0.25) is 9.36 Å². The average Bonchev–Trinajstić information content (AvgIpc) is 2.84. The molecule has 0 atom stereocenters. The second-order valence-corrected chi connectivity index (χ2v) is 6.32. The normalized spacial score (nSPS) is 22.4. The van der Waals surface area contributed by atoms with Gasteiger partial charge in [0.05, 0.1) is 24.1 Å². The van der Waals surface area contributed by atoms with Crippen LogP contribution in [0, 0.1) is 5.92 Å². The average molecular weight is 353 g/mol. The number of nitrogens with one attached hydrogen (secondary N) is 1. The first kappa shape index (κ1) is 14.4. The van der Waals surface area contributed by atoms with Crippen LogP contribution in [0.4, 0.5) is 0 Å². The van der Waals surface area contributed by atoms with E-state index in [-0.39, 0.29) is 23.6 Å². The van der Waals surface area contributed by atoms with E-state index in [1.54, 1.807) is 0 Å². The number of carbonyl (C=O) groups excluding carboxylic acids is 1. The van der Waals surface area contributed by atoms with E-state index in [4.69, 9.17) is 4.74 Å². The molecular weight excluding hydrogens is 336 g/mol. The summed E-state index contributed by atoms with van der Waals surface area (Å²) in [5.41, 5.74) is 1.66. The SMILES string of the molecule is COC(=O)[C@H]1CC[C@@H](n2c(=O)[nH]c3c(Br)cccc32)CC1. The van der Waals surface area contributed by atoms with Crippen molar-refractivity contribution in [2.75, 3.05) is 7.11 Å². The topological polar surface area (TPSA) is 64.1 Å². The molecule has 3 rings (SSSR count). The van der Waals surface area contributed by atoms with Crippen molar-refractivity contribution in [1.29, 1.82) is 0 Å². The van der Waals surface area contributed by atoms with Gasteiger partial charge >= 0.3 is 11.7 Å². The van der Waals surface area contributed by atoms with E-state index in [1.807, 2.05) is 22.8 Å². The minimum absolute atomic E-state index is 0.0288. The second kappa shape index (κ2) is 5.67. The van der Waals surface area contributed by atoms with Crippen molar-refractivity contribution in [3.63, 3.8) is 0 Å². The monoisotopic (exact) mass is 352 g/mol. The lowest BCUT2D eigenvalue weighted by Gasteiger charge is -2.27. The number of benzene rings is 1. The predicted molar refractivity (Wildman–Crippen MR) is 83.3 cm³/mol. The number of nitrogens with zero attached hydrogens (tertiary/aromatic N) is 1. The van der Waals surface area contributed by atoms with Crippen LogP contribution in [0.25, 0.3) is 11.0 Å². The fourth-order valence-corrected chi connectivity index (χ4v) is 3.67. The van der Waals surface area contributed by atoms with Gasteiger partial charge in [0.2, 0.25) is 0 Å². The lowest BCUT2D eigenvalue weighted by molar-refractivity contribution is -0.146. The number of halogens is 1. The summed E-state index contributed by atoms with van der Waals surface area (Å²) in [4.78, 5) is 26.7. The molecule has 1 aromatic heterocycles. The van der Waals surface area contributed by atoms with Crippen molar-refractivity contribution in [2.45, 2.75) is 31.7 Å². The Morgan fingerprint density at radius 3 is 2.71 bits per heavy atom. The van der Waals surface area contributed by atoms with Gasteiger partial charge in [-0.1, -0.05) is 6.07 Å². The highest BCUT2D eigenvalue weighted by atomic mass is 79.9. The van der Waals surface area contributed by atoms with E-state index in [0.29, 0.717) is 0 Å². The molecule has 0 saturated heterocycles. The fourth-order valence-electron chi connectivity index (χ4n) is 3.21. The van der Waals surface area contributed by atoms with Crippen molar-refractivity contribution < 1.29 is 9.53 Å². The molecule has 0 radical (unpaired) electrons. The maximum atomic E-state index is 12.3. The number of methoxy groups -OCH3 is 1. The fraction of sp³-hybridized carbons (Fsp3) is 0.467. The standard InChI is InChI=1S/C15H17BrN2O3/c1-21-14(19)9-5-7-10(8-6-9)18-12-4-2-3-11(16)13(12)17-15(18)20/h2-4,9-10H,5-8H2,1H3,(H,17,20)/t9-,10+. The molecule has 1 saturated carbocycles. The van der Waals surface area contributed by atoms with Crippen LogP contribution in [0.3, 0.4) is 0 Å². The summed E-state index contributed by atoms with van der Waals surface area (Å²) in [5.74, 6) is -0.165. The number of rotatable bonds is 2. The lowest BCUT2D eigenvalue weighted by atomic mass is 9.86. The molecule has 1 aliphatic rings. The van der Waals surface area contributed by atoms with E-state index < -0.39 is 0 Å². The highest BCUT2D eigenvalue weighted by molar-refractivity contribution is 9.10. The number of esters is 1. The van der Waals surface area contributed by atoms with Crippen LogP contribution in [-0.4, -0.2) is 22.6 Å².